The van der Waals surface area contributed by atoms with Gasteiger partial charge in [-0.2, -0.15) is 0 Å². The van der Waals surface area contributed by atoms with E-state index in [9.17, 15) is 4.79 Å². The van der Waals surface area contributed by atoms with Crippen LogP contribution in [0.4, 0.5) is 17.2 Å². The van der Waals surface area contributed by atoms with Gasteiger partial charge in [0.25, 0.3) is 0 Å². The highest BCUT2D eigenvalue weighted by Crippen LogP contribution is 2.28. The molecule has 0 bridgehead atoms. The van der Waals surface area contributed by atoms with Crippen LogP contribution in [0.1, 0.15) is 24.8 Å². The van der Waals surface area contributed by atoms with Crippen molar-refractivity contribution in [1.29, 1.82) is 0 Å². The maximum absolute atomic E-state index is 11.9. The van der Waals surface area contributed by atoms with Crippen LogP contribution in [0.3, 0.4) is 0 Å². The van der Waals surface area contributed by atoms with Crippen LogP contribution in [-0.4, -0.2) is 10.9 Å². The summed E-state index contributed by atoms with van der Waals surface area (Å²) in [5, 5.41) is 6.17. The first-order chi connectivity index (χ1) is 10.6. The number of halogens is 1. The Morgan fingerprint density at radius 1 is 1.27 bits per heavy atom. The van der Waals surface area contributed by atoms with E-state index in [4.69, 9.17) is 0 Å². The van der Waals surface area contributed by atoms with Crippen LogP contribution in [-0.2, 0) is 4.79 Å². The van der Waals surface area contributed by atoms with Gasteiger partial charge in [-0.1, -0.05) is 12.5 Å². The second-order valence-electron chi connectivity index (χ2n) is 5.66. The minimum absolute atomic E-state index is 0.107. The molecule has 1 aromatic heterocycles. The fourth-order valence-corrected chi connectivity index (χ4v) is 2.91. The van der Waals surface area contributed by atoms with Gasteiger partial charge in [-0.3, -0.25) is 4.79 Å². The highest BCUT2D eigenvalue weighted by molar-refractivity contribution is 9.10. The molecule has 2 N–H and O–H groups in total. The van der Waals surface area contributed by atoms with Crippen LogP contribution in [0.15, 0.2) is 41.0 Å². The van der Waals surface area contributed by atoms with E-state index in [1.165, 1.54) is 5.56 Å². The van der Waals surface area contributed by atoms with Gasteiger partial charge in [0.15, 0.2) is 0 Å². The number of aromatic nitrogens is 1. The number of aryl methyl sites for hydroxylation is 1. The molecule has 0 spiro atoms. The van der Waals surface area contributed by atoms with E-state index >= 15 is 0 Å². The molecule has 1 saturated carbocycles. The van der Waals surface area contributed by atoms with Crippen molar-refractivity contribution >= 4 is 39.0 Å². The Bertz CT molecular complexity index is 681. The monoisotopic (exact) mass is 359 g/mol. The summed E-state index contributed by atoms with van der Waals surface area (Å²) >= 11 is 3.53. The summed E-state index contributed by atoms with van der Waals surface area (Å²) in [5.41, 5.74) is 2.90. The fourth-order valence-electron chi connectivity index (χ4n) is 2.32. The van der Waals surface area contributed by atoms with Gasteiger partial charge in [-0.05, 0) is 65.5 Å². The molecule has 0 radical (unpaired) electrons. The smallest absolute Gasteiger partial charge is 0.227 e. The highest BCUT2D eigenvalue weighted by atomic mass is 79.9. The lowest BCUT2D eigenvalue weighted by atomic mass is 9.85. The fraction of sp³-hybridized carbons (Fsp3) is 0.294. The largest absolute Gasteiger partial charge is 0.339 e. The van der Waals surface area contributed by atoms with Crippen molar-refractivity contribution in [3.05, 3.63) is 46.6 Å². The van der Waals surface area contributed by atoms with Gasteiger partial charge < -0.3 is 10.6 Å². The summed E-state index contributed by atoms with van der Waals surface area (Å²) in [4.78, 5) is 16.2. The van der Waals surface area contributed by atoms with Crippen LogP contribution < -0.4 is 10.6 Å². The topological polar surface area (TPSA) is 54.0 Å². The lowest BCUT2D eigenvalue weighted by Gasteiger charge is -2.23. The summed E-state index contributed by atoms with van der Waals surface area (Å²) in [5.74, 6) is 1.03. The number of anilines is 3. The van der Waals surface area contributed by atoms with Gasteiger partial charge in [0.05, 0.1) is 17.6 Å². The molecule has 1 heterocycles. The Kier molecular flexibility index (Phi) is 4.43. The summed E-state index contributed by atoms with van der Waals surface area (Å²) in [6, 6.07) is 9.83. The van der Waals surface area contributed by atoms with E-state index in [2.05, 4.69) is 37.6 Å². The minimum Gasteiger partial charge on any atom is -0.339 e. The van der Waals surface area contributed by atoms with Gasteiger partial charge in [0.1, 0.15) is 5.82 Å². The first-order valence-electron chi connectivity index (χ1n) is 7.42. The molecule has 1 aliphatic rings. The number of carbonyl (C=O) groups excluding carboxylic acids is 1. The van der Waals surface area contributed by atoms with E-state index in [-0.39, 0.29) is 11.8 Å². The third-order valence-electron chi connectivity index (χ3n) is 3.89. The van der Waals surface area contributed by atoms with Crippen molar-refractivity contribution in [1.82, 2.24) is 4.98 Å². The molecule has 0 atom stereocenters. The molecular formula is C17H18BrN3O. The molecular weight excluding hydrogens is 342 g/mol. The standard InChI is InChI=1S/C17H18BrN3O/c1-11-5-7-15(14(18)9-11)21-16-8-6-13(10-19-16)20-17(22)12-3-2-4-12/h5-10,12H,2-4H2,1H3,(H,19,21)(H,20,22). The number of hydrogen-bond donors (Lipinski definition) is 2. The molecule has 2 aromatic rings. The number of nitrogens with one attached hydrogen (secondary N) is 2. The normalized spacial score (nSPS) is 14.3. The number of hydrogen-bond acceptors (Lipinski definition) is 3. The zero-order valence-electron chi connectivity index (χ0n) is 12.4. The van der Waals surface area contributed by atoms with Crippen molar-refractivity contribution < 1.29 is 4.79 Å². The van der Waals surface area contributed by atoms with Gasteiger partial charge >= 0.3 is 0 Å². The first kappa shape index (κ1) is 15.0. The van der Waals surface area contributed by atoms with Crippen LogP contribution in [0.5, 0.6) is 0 Å². The van der Waals surface area contributed by atoms with Crippen LogP contribution >= 0.6 is 15.9 Å². The van der Waals surface area contributed by atoms with Crippen LogP contribution in [0.25, 0.3) is 0 Å². The van der Waals surface area contributed by atoms with E-state index < -0.39 is 0 Å². The van der Waals surface area contributed by atoms with E-state index in [1.54, 1.807) is 6.20 Å². The summed E-state index contributed by atoms with van der Waals surface area (Å²) < 4.78 is 0.997. The summed E-state index contributed by atoms with van der Waals surface area (Å²) in [7, 11) is 0. The minimum atomic E-state index is 0.107. The second kappa shape index (κ2) is 6.48. The molecule has 1 fully saturated rings. The molecule has 1 aliphatic carbocycles. The number of nitrogens with zero attached hydrogens (tertiary/aromatic N) is 1. The molecule has 22 heavy (non-hydrogen) atoms. The van der Waals surface area contributed by atoms with Crippen molar-refractivity contribution in [3.63, 3.8) is 0 Å². The number of rotatable bonds is 4. The predicted molar refractivity (Wildman–Crippen MR) is 92.4 cm³/mol. The zero-order valence-corrected chi connectivity index (χ0v) is 14.0. The molecule has 4 nitrogen and oxygen atoms in total. The predicted octanol–water partition coefficient (Wildman–Crippen LogP) is 4.63. The highest BCUT2D eigenvalue weighted by Gasteiger charge is 2.25. The molecule has 0 unspecified atom stereocenters. The zero-order chi connectivity index (χ0) is 15.5. The van der Waals surface area contributed by atoms with Crippen molar-refractivity contribution in [2.24, 2.45) is 5.92 Å². The van der Waals surface area contributed by atoms with Crippen molar-refractivity contribution in [2.45, 2.75) is 26.2 Å². The third kappa shape index (κ3) is 3.47. The van der Waals surface area contributed by atoms with Crippen LogP contribution in [0.2, 0.25) is 0 Å². The lowest BCUT2D eigenvalue weighted by Crippen LogP contribution is -2.28. The van der Waals surface area contributed by atoms with Gasteiger partial charge in [0.2, 0.25) is 5.91 Å². The Labute approximate surface area is 138 Å². The maximum atomic E-state index is 11.9. The van der Waals surface area contributed by atoms with E-state index in [0.717, 1.165) is 40.9 Å². The Hall–Kier alpha value is -1.88. The summed E-state index contributed by atoms with van der Waals surface area (Å²) in [6.07, 6.45) is 4.84. The average Bonchev–Trinajstić information content (AvgIpc) is 2.42. The maximum Gasteiger partial charge on any atom is 0.227 e. The van der Waals surface area contributed by atoms with E-state index in [1.807, 2.05) is 31.2 Å². The van der Waals surface area contributed by atoms with Gasteiger partial charge in [-0.15, -0.1) is 0 Å². The van der Waals surface area contributed by atoms with Crippen LogP contribution in [0, 0.1) is 12.8 Å². The lowest BCUT2D eigenvalue weighted by molar-refractivity contribution is -0.122. The second-order valence-corrected chi connectivity index (χ2v) is 6.51. The SMILES string of the molecule is Cc1ccc(Nc2ccc(NC(=O)C3CCC3)cn2)c(Br)c1. The van der Waals surface area contributed by atoms with Gasteiger partial charge in [-0.25, -0.2) is 4.98 Å². The molecule has 0 aliphatic heterocycles. The molecule has 1 amide bonds. The number of pyridine rings is 1. The molecule has 1 aromatic carbocycles. The molecule has 5 heteroatoms. The molecule has 114 valence electrons. The quantitative estimate of drug-likeness (QED) is 0.836. The number of amides is 1. The summed E-state index contributed by atoms with van der Waals surface area (Å²) in [6.45, 7) is 2.05. The number of benzene rings is 1. The Balaban J connectivity index is 1.64. The third-order valence-corrected chi connectivity index (χ3v) is 4.55. The Morgan fingerprint density at radius 2 is 2.09 bits per heavy atom. The number of carbonyl (C=O) groups is 1. The molecule has 3 rings (SSSR count). The van der Waals surface area contributed by atoms with E-state index in [0.29, 0.717) is 0 Å². The average molecular weight is 360 g/mol. The van der Waals surface area contributed by atoms with Gasteiger partial charge in [0, 0.05) is 10.4 Å². The first-order valence-corrected chi connectivity index (χ1v) is 8.21. The van der Waals surface area contributed by atoms with Crippen molar-refractivity contribution in [3.8, 4) is 0 Å². The molecule has 0 saturated heterocycles. The Morgan fingerprint density at radius 3 is 2.68 bits per heavy atom. The van der Waals surface area contributed by atoms with Crippen molar-refractivity contribution in [2.75, 3.05) is 10.6 Å².